The van der Waals surface area contributed by atoms with Crippen molar-refractivity contribution in [2.24, 2.45) is 0 Å². The van der Waals surface area contributed by atoms with Crippen LogP contribution >= 0.6 is 47.0 Å². The molecule has 2 aromatic carbocycles. The molecule has 0 radical (unpaired) electrons. The lowest BCUT2D eigenvalue weighted by Crippen LogP contribution is -2.20. The van der Waals surface area contributed by atoms with E-state index in [4.69, 9.17) is 47.0 Å². The van der Waals surface area contributed by atoms with Crippen LogP contribution in [0.2, 0.25) is 15.1 Å². The van der Waals surface area contributed by atoms with Gasteiger partial charge in [-0.25, -0.2) is 9.67 Å². The number of aromatic nitrogens is 3. The van der Waals surface area contributed by atoms with Gasteiger partial charge in [-0.3, -0.25) is 5.32 Å². The Morgan fingerprint density at radius 3 is 2.64 bits per heavy atom. The van der Waals surface area contributed by atoms with Crippen molar-refractivity contribution >= 4 is 63.8 Å². The normalized spacial score (nSPS) is 10.5. The second-order valence-electron chi connectivity index (χ2n) is 5.10. The topological polar surface area (TPSA) is 54.8 Å². The highest BCUT2D eigenvalue weighted by molar-refractivity contribution is 7.80. The molecule has 0 amide bonds. The highest BCUT2D eigenvalue weighted by atomic mass is 35.5. The van der Waals surface area contributed by atoms with Crippen molar-refractivity contribution in [1.82, 2.24) is 14.8 Å². The van der Waals surface area contributed by atoms with Gasteiger partial charge in [-0.15, -0.1) is 5.10 Å². The summed E-state index contributed by atoms with van der Waals surface area (Å²) in [6, 6.07) is 12.7. The van der Waals surface area contributed by atoms with Gasteiger partial charge in [0, 0.05) is 10.7 Å². The number of hydrogen-bond acceptors (Lipinski definition) is 3. The van der Waals surface area contributed by atoms with E-state index in [0.29, 0.717) is 32.7 Å². The molecule has 0 aliphatic heterocycles. The number of rotatable bonds is 4. The first kappa shape index (κ1) is 17.9. The molecule has 0 aliphatic rings. The second kappa shape index (κ2) is 8.01. The minimum Gasteiger partial charge on any atom is -0.332 e. The average molecular weight is 413 g/mol. The van der Waals surface area contributed by atoms with Crippen molar-refractivity contribution in [2.45, 2.75) is 6.54 Å². The van der Waals surface area contributed by atoms with Gasteiger partial charge in [-0.1, -0.05) is 46.9 Å². The molecule has 0 fully saturated rings. The molecule has 5 nitrogen and oxygen atoms in total. The summed E-state index contributed by atoms with van der Waals surface area (Å²) >= 11 is 23.1. The Hall–Kier alpha value is -1.86. The molecule has 1 heterocycles. The van der Waals surface area contributed by atoms with E-state index in [1.165, 1.54) is 0 Å². The number of nitrogens with zero attached hydrogens (tertiary/aromatic N) is 3. The van der Waals surface area contributed by atoms with E-state index >= 15 is 0 Å². The Kier molecular flexibility index (Phi) is 5.75. The lowest BCUT2D eigenvalue weighted by Gasteiger charge is -2.08. The number of anilines is 2. The maximum atomic E-state index is 6.02. The molecular weight excluding hydrogens is 401 g/mol. The number of benzene rings is 2. The molecule has 1 aromatic heterocycles. The van der Waals surface area contributed by atoms with E-state index in [-0.39, 0.29) is 0 Å². The highest BCUT2D eigenvalue weighted by Crippen LogP contribution is 2.23. The van der Waals surface area contributed by atoms with Crippen LogP contribution in [0.3, 0.4) is 0 Å². The molecule has 2 N–H and O–H groups in total. The van der Waals surface area contributed by atoms with Crippen molar-refractivity contribution in [3.63, 3.8) is 0 Å². The number of nitrogens with one attached hydrogen (secondary N) is 2. The van der Waals surface area contributed by atoms with Crippen LogP contribution in [-0.4, -0.2) is 19.9 Å². The predicted molar refractivity (Wildman–Crippen MR) is 107 cm³/mol. The quantitative estimate of drug-likeness (QED) is 0.584. The Balaban J connectivity index is 1.61. The van der Waals surface area contributed by atoms with Gasteiger partial charge in [0.1, 0.15) is 6.33 Å². The van der Waals surface area contributed by atoms with E-state index in [2.05, 4.69) is 20.7 Å². The van der Waals surface area contributed by atoms with Gasteiger partial charge in [0.25, 0.3) is 0 Å². The zero-order chi connectivity index (χ0) is 17.8. The van der Waals surface area contributed by atoms with E-state index in [1.807, 2.05) is 18.2 Å². The molecule has 0 saturated carbocycles. The summed E-state index contributed by atoms with van der Waals surface area (Å²) in [5.74, 6) is 0.389. The molecule has 128 valence electrons. The summed E-state index contributed by atoms with van der Waals surface area (Å²) < 4.78 is 1.67. The Labute approximate surface area is 164 Å². The Bertz CT molecular complexity index is 912. The van der Waals surface area contributed by atoms with Crippen molar-refractivity contribution in [3.8, 4) is 0 Å². The van der Waals surface area contributed by atoms with Gasteiger partial charge < -0.3 is 5.32 Å². The molecule has 0 aliphatic carbocycles. The molecule has 0 atom stereocenters. The van der Waals surface area contributed by atoms with Crippen LogP contribution in [0.25, 0.3) is 0 Å². The summed E-state index contributed by atoms with van der Waals surface area (Å²) in [5.41, 5.74) is 1.74. The standard InChI is InChI=1S/C16H12Cl3N5S/c17-11-2-1-3-12(7-11)21-16(25)22-15-20-9-24(23-15)8-10-4-5-13(18)14(19)6-10/h1-7,9H,8H2,(H2,21,22,23,25). The first-order chi connectivity index (χ1) is 12.0. The molecule has 0 bridgehead atoms. The molecule has 3 aromatic rings. The first-order valence-corrected chi connectivity index (χ1v) is 8.71. The SMILES string of the molecule is S=C(Nc1cccc(Cl)c1)Nc1ncn(Cc2ccc(Cl)c(Cl)c2)n1. The van der Waals surface area contributed by atoms with Gasteiger partial charge >= 0.3 is 0 Å². The second-order valence-corrected chi connectivity index (χ2v) is 6.76. The molecular formula is C16H12Cl3N5S. The zero-order valence-corrected chi connectivity index (χ0v) is 15.8. The summed E-state index contributed by atoms with van der Waals surface area (Å²) in [6.45, 7) is 0.514. The van der Waals surface area contributed by atoms with Crippen molar-refractivity contribution < 1.29 is 0 Å². The third kappa shape index (κ3) is 5.06. The summed E-state index contributed by atoms with van der Waals surface area (Å²) in [6.07, 6.45) is 1.60. The number of thiocarbonyl (C=S) groups is 1. The first-order valence-electron chi connectivity index (χ1n) is 7.16. The van der Waals surface area contributed by atoms with Crippen molar-refractivity contribution in [1.29, 1.82) is 0 Å². The predicted octanol–water partition coefficient (Wildman–Crippen LogP) is 5.10. The lowest BCUT2D eigenvalue weighted by molar-refractivity contribution is 0.687. The molecule has 3 rings (SSSR count). The van der Waals surface area contributed by atoms with Gasteiger partial charge in [0.2, 0.25) is 5.95 Å². The molecule has 0 saturated heterocycles. The van der Waals surface area contributed by atoms with Crippen LogP contribution in [0.1, 0.15) is 5.56 Å². The molecule has 9 heteroatoms. The van der Waals surface area contributed by atoms with Gasteiger partial charge in [0.05, 0.1) is 16.6 Å². The number of hydrogen-bond donors (Lipinski definition) is 2. The van der Waals surface area contributed by atoms with Crippen LogP contribution < -0.4 is 10.6 Å². The van der Waals surface area contributed by atoms with Crippen molar-refractivity contribution in [2.75, 3.05) is 10.6 Å². The van der Waals surface area contributed by atoms with Gasteiger partial charge in [-0.2, -0.15) is 0 Å². The van der Waals surface area contributed by atoms with Crippen LogP contribution in [0.15, 0.2) is 48.8 Å². The Morgan fingerprint density at radius 2 is 1.88 bits per heavy atom. The van der Waals surface area contributed by atoms with Crippen molar-refractivity contribution in [3.05, 3.63) is 69.4 Å². The fourth-order valence-electron chi connectivity index (χ4n) is 2.08. The van der Waals surface area contributed by atoms with E-state index in [1.54, 1.807) is 35.3 Å². The summed E-state index contributed by atoms with van der Waals surface area (Å²) in [5, 5.41) is 12.3. The zero-order valence-electron chi connectivity index (χ0n) is 12.7. The van der Waals surface area contributed by atoms with E-state index in [0.717, 1.165) is 11.3 Å². The Morgan fingerprint density at radius 1 is 1.04 bits per heavy atom. The summed E-state index contributed by atoms with van der Waals surface area (Å²) in [4.78, 5) is 4.18. The van der Waals surface area contributed by atoms with Crippen LogP contribution in [-0.2, 0) is 6.54 Å². The number of halogens is 3. The largest absolute Gasteiger partial charge is 0.332 e. The third-order valence-corrected chi connectivity index (χ3v) is 4.35. The molecule has 0 spiro atoms. The monoisotopic (exact) mass is 411 g/mol. The lowest BCUT2D eigenvalue weighted by atomic mass is 10.2. The van der Waals surface area contributed by atoms with Crippen LogP contribution in [0.4, 0.5) is 11.6 Å². The minimum absolute atomic E-state index is 0.370. The van der Waals surface area contributed by atoms with Gasteiger partial charge in [-0.05, 0) is 48.1 Å². The highest BCUT2D eigenvalue weighted by Gasteiger charge is 2.06. The maximum Gasteiger partial charge on any atom is 0.248 e. The molecule has 0 unspecified atom stereocenters. The molecule has 25 heavy (non-hydrogen) atoms. The summed E-state index contributed by atoms with van der Waals surface area (Å²) in [7, 11) is 0. The van der Waals surface area contributed by atoms with E-state index < -0.39 is 0 Å². The van der Waals surface area contributed by atoms with E-state index in [9.17, 15) is 0 Å². The smallest absolute Gasteiger partial charge is 0.248 e. The van der Waals surface area contributed by atoms with Crippen LogP contribution in [0, 0.1) is 0 Å². The minimum atomic E-state index is 0.370. The fourth-order valence-corrected chi connectivity index (χ4v) is 2.80. The average Bonchev–Trinajstić information content (AvgIpc) is 2.98. The van der Waals surface area contributed by atoms with Gasteiger partial charge in [0.15, 0.2) is 5.11 Å². The third-order valence-electron chi connectivity index (χ3n) is 3.17. The fraction of sp³-hybridized carbons (Fsp3) is 0.0625. The van der Waals surface area contributed by atoms with Crippen LogP contribution in [0.5, 0.6) is 0 Å². The maximum absolute atomic E-state index is 6.02.